The van der Waals surface area contributed by atoms with E-state index >= 15 is 0 Å². The van der Waals surface area contributed by atoms with Gasteiger partial charge in [-0.3, -0.25) is 0 Å². The monoisotopic (exact) mass is 248 g/mol. The van der Waals surface area contributed by atoms with Crippen molar-refractivity contribution >= 4 is 0 Å². The van der Waals surface area contributed by atoms with Gasteiger partial charge in [0.25, 0.3) is 0 Å². The molecule has 0 bridgehead atoms. The van der Waals surface area contributed by atoms with Crippen LogP contribution in [-0.2, 0) is 14.2 Å². The Labute approximate surface area is 100 Å². The molecule has 0 aliphatic carbocycles. The van der Waals surface area contributed by atoms with Crippen LogP contribution in [0.4, 0.5) is 0 Å². The Balaban J connectivity index is 1.80. The van der Waals surface area contributed by atoms with Crippen LogP contribution in [0, 0.1) is 0 Å². The highest BCUT2D eigenvalue weighted by molar-refractivity contribution is 4.75. The lowest BCUT2D eigenvalue weighted by Crippen LogP contribution is -2.43. The third kappa shape index (κ3) is 3.87. The summed E-state index contributed by atoms with van der Waals surface area (Å²) in [4.78, 5) is 0. The van der Waals surface area contributed by atoms with Crippen LogP contribution in [0.3, 0.4) is 0 Å². The zero-order valence-electron chi connectivity index (χ0n) is 9.70. The number of hydrogen-bond donors (Lipinski definition) is 3. The van der Waals surface area contributed by atoms with Crippen molar-refractivity contribution in [1.82, 2.24) is 0 Å². The van der Waals surface area contributed by atoms with Crippen molar-refractivity contribution in [2.45, 2.75) is 50.0 Å². The molecule has 0 spiro atoms. The van der Waals surface area contributed by atoms with Crippen molar-refractivity contribution in [3.8, 4) is 0 Å². The molecule has 0 saturated carbocycles. The van der Waals surface area contributed by atoms with E-state index in [0.29, 0.717) is 32.5 Å². The number of ether oxygens (including phenoxy) is 3. The highest BCUT2D eigenvalue weighted by Crippen LogP contribution is 2.23. The zero-order valence-corrected chi connectivity index (χ0v) is 9.70. The summed E-state index contributed by atoms with van der Waals surface area (Å²) in [6, 6.07) is 0. The van der Waals surface area contributed by atoms with Crippen LogP contribution in [0.1, 0.15) is 19.3 Å². The van der Waals surface area contributed by atoms with Gasteiger partial charge in [-0.1, -0.05) is 0 Å². The molecule has 5 atom stereocenters. The van der Waals surface area contributed by atoms with Crippen molar-refractivity contribution in [3.05, 3.63) is 0 Å². The molecule has 0 aromatic heterocycles. The van der Waals surface area contributed by atoms with E-state index in [4.69, 9.17) is 19.3 Å². The second-order valence-corrected chi connectivity index (χ2v) is 4.68. The van der Waals surface area contributed by atoms with E-state index in [2.05, 4.69) is 0 Å². The van der Waals surface area contributed by atoms with Crippen molar-refractivity contribution in [1.29, 1.82) is 0 Å². The predicted octanol–water partition coefficient (Wildman–Crippen LogP) is -0.989. The van der Waals surface area contributed by atoms with Gasteiger partial charge >= 0.3 is 0 Å². The maximum absolute atomic E-state index is 9.61. The predicted molar refractivity (Wildman–Crippen MR) is 57.3 cm³/mol. The van der Waals surface area contributed by atoms with Gasteiger partial charge in [0, 0.05) is 19.3 Å². The number of rotatable bonds is 3. The molecule has 2 aliphatic rings. The smallest absolute Gasteiger partial charge is 0.161 e. The Kier molecular flexibility index (Phi) is 4.72. The van der Waals surface area contributed by atoms with E-state index in [1.807, 2.05) is 0 Å². The molecule has 2 fully saturated rings. The first kappa shape index (κ1) is 13.2. The summed E-state index contributed by atoms with van der Waals surface area (Å²) in [5.74, 6) is 0. The molecule has 2 heterocycles. The molecule has 3 N–H and O–H groups in total. The summed E-state index contributed by atoms with van der Waals surface area (Å²) in [7, 11) is 0. The van der Waals surface area contributed by atoms with Crippen LogP contribution in [0.5, 0.6) is 0 Å². The second kappa shape index (κ2) is 6.08. The summed E-state index contributed by atoms with van der Waals surface area (Å²) in [5.41, 5.74) is 0. The topological polar surface area (TPSA) is 88.4 Å². The Hall–Kier alpha value is -0.240. The molecule has 0 amide bonds. The molecule has 0 aromatic rings. The van der Waals surface area contributed by atoms with Crippen LogP contribution in [0.2, 0.25) is 0 Å². The molecule has 100 valence electrons. The fourth-order valence-corrected chi connectivity index (χ4v) is 2.24. The molecular formula is C11H20O6. The van der Waals surface area contributed by atoms with Crippen LogP contribution in [0.15, 0.2) is 0 Å². The lowest BCUT2D eigenvalue weighted by atomic mass is 10.1. The summed E-state index contributed by atoms with van der Waals surface area (Å²) >= 11 is 0. The van der Waals surface area contributed by atoms with Crippen LogP contribution in [-0.4, -0.2) is 65.8 Å². The van der Waals surface area contributed by atoms with Crippen LogP contribution >= 0.6 is 0 Å². The third-order valence-corrected chi connectivity index (χ3v) is 3.04. The summed E-state index contributed by atoms with van der Waals surface area (Å²) < 4.78 is 16.3. The normalized spacial score (nSPS) is 43.6. The minimum Gasteiger partial charge on any atom is -0.394 e. The third-order valence-electron chi connectivity index (χ3n) is 3.04. The first-order chi connectivity index (χ1) is 8.17. The van der Waals surface area contributed by atoms with Crippen molar-refractivity contribution in [3.63, 3.8) is 0 Å². The molecule has 6 nitrogen and oxygen atoms in total. The summed E-state index contributed by atoms with van der Waals surface area (Å²) in [5, 5.41) is 28.1. The fourth-order valence-electron chi connectivity index (χ4n) is 2.24. The molecule has 6 heteroatoms. The average molecular weight is 248 g/mol. The van der Waals surface area contributed by atoms with Gasteiger partial charge in [0.2, 0.25) is 0 Å². The quantitative estimate of drug-likeness (QED) is 0.594. The Bertz CT molecular complexity index is 236. The molecule has 2 rings (SSSR count). The SMILES string of the molecule is OC[C@H]1C[C@@H](O)C[C@@H](O[C@H]2COC[C@@H](O)C2)O1. The van der Waals surface area contributed by atoms with Crippen molar-refractivity contribution in [2.24, 2.45) is 0 Å². The van der Waals surface area contributed by atoms with Gasteiger partial charge in [-0.05, 0) is 0 Å². The van der Waals surface area contributed by atoms with Crippen molar-refractivity contribution in [2.75, 3.05) is 19.8 Å². The minimum absolute atomic E-state index is 0.124. The molecule has 2 saturated heterocycles. The van der Waals surface area contributed by atoms with Crippen molar-refractivity contribution < 1.29 is 29.5 Å². The van der Waals surface area contributed by atoms with E-state index in [9.17, 15) is 10.2 Å². The van der Waals surface area contributed by atoms with Gasteiger partial charge in [-0.2, -0.15) is 0 Å². The standard InChI is InChI=1S/C11H20O6/c12-4-9-1-7(13)3-11(16-9)17-10-2-8(14)5-15-6-10/h7-14H,1-6H2/t7-,8+,9-,10-,11-/m1/s1. The lowest BCUT2D eigenvalue weighted by molar-refractivity contribution is -0.254. The zero-order chi connectivity index (χ0) is 12.3. The molecule has 0 unspecified atom stereocenters. The molecule has 0 aromatic carbocycles. The lowest BCUT2D eigenvalue weighted by Gasteiger charge is -2.35. The first-order valence-corrected chi connectivity index (χ1v) is 6.03. The highest BCUT2D eigenvalue weighted by atomic mass is 16.7. The van der Waals surface area contributed by atoms with Gasteiger partial charge in [0.15, 0.2) is 6.29 Å². The Morgan fingerprint density at radius 1 is 1.06 bits per heavy atom. The van der Waals surface area contributed by atoms with Gasteiger partial charge < -0.3 is 29.5 Å². The van der Waals surface area contributed by atoms with Gasteiger partial charge in [0.05, 0.1) is 44.2 Å². The first-order valence-electron chi connectivity index (χ1n) is 6.03. The minimum atomic E-state index is -0.533. The molecule has 2 aliphatic heterocycles. The summed E-state index contributed by atoms with van der Waals surface area (Å²) in [6.45, 7) is 0.644. The molecule has 0 radical (unpaired) electrons. The highest BCUT2D eigenvalue weighted by Gasteiger charge is 2.32. The maximum Gasteiger partial charge on any atom is 0.161 e. The largest absolute Gasteiger partial charge is 0.394 e. The van der Waals surface area contributed by atoms with E-state index in [-0.39, 0.29) is 18.8 Å². The van der Waals surface area contributed by atoms with Gasteiger partial charge in [-0.25, -0.2) is 0 Å². The van der Waals surface area contributed by atoms with Gasteiger partial charge in [0.1, 0.15) is 0 Å². The average Bonchev–Trinajstić information content (AvgIpc) is 2.28. The van der Waals surface area contributed by atoms with Gasteiger partial charge in [-0.15, -0.1) is 0 Å². The Morgan fingerprint density at radius 2 is 1.88 bits per heavy atom. The van der Waals surface area contributed by atoms with E-state index in [0.717, 1.165) is 0 Å². The van der Waals surface area contributed by atoms with Crippen LogP contribution in [0.25, 0.3) is 0 Å². The fraction of sp³-hybridized carbons (Fsp3) is 1.00. The van der Waals surface area contributed by atoms with E-state index in [1.54, 1.807) is 0 Å². The molecule has 17 heavy (non-hydrogen) atoms. The summed E-state index contributed by atoms with van der Waals surface area (Å²) in [6.07, 6.45) is -0.805. The second-order valence-electron chi connectivity index (χ2n) is 4.68. The Morgan fingerprint density at radius 3 is 2.59 bits per heavy atom. The number of hydrogen-bond acceptors (Lipinski definition) is 6. The van der Waals surface area contributed by atoms with E-state index in [1.165, 1.54) is 0 Å². The van der Waals surface area contributed by atoms with E-state index < -0.39 is 18.5 Å². The van der Waals surface area contributed by atoms with Crippen LogP contribution < -0.4 is 0 Å². The number of aliphatic hydroxyl groups excluding tert-OH is 3. The molecular weight excluding hydrogens is 228 g/mol. The number of aliphatic hydroxyl groups is 3. The maximum atomic E-state index is 9.61.